The first-order chi connectivity index (χ1) is 4.62. The summed E-state index contributed by atoms with van der Waals surface area (Å²) in [6.45, 7) is 2.27. The van der Waals surface area contributed by atoms with E-state index in [1.807, 2.05) is 0 Å². The van der Waals surface area contributed by atoms with E-state index in [4.69, 9.17) is 16.1 Å². The van der Waals surface area contributed by atoms with E-state index >= 15 is 0 Å². The number of rotatable bonds is 5. The van der Waals surface area contributed by atoms with Gasteiger partial charge in [0.1, 0.15) is 0 Å². The smallest absolute Gasteiger partial charge is 0.0776 e. The summed E-state index contributed by atoms with van der Waals surface area (Å²) in [5.41, 5.74) is -0.772. The Hall–Kier alpha value is 1.07. The number of aliphatic hydroxyl groups is 1. The van der Waals surface area contributed by atoms with Crippen molar-refractivity contribution < 1.29 is 9.63 Å². The Kier molecular flexibility index (Phi) is 6.29. The van der Waals surface area contributed by atoms with Gasteiger partial charge < -0.3 is 9.63 Å². The fraction of sp³-hybridized carbons (Fsp3) is 1.00. The van der Waals surface area contributed by atoms with Crippen LogP contribution in [0.25, 0.3) is 0 Å². The van der Waals surface area contributed by atoms with Crippen molar-refractivity contribution in [1.82, 2.24) is 0 Å². The van der Waals surface area contributed by atoms with Gasteiger partial charge in [-0.15, -0.1) is 11.6 Å². The average Bonchev–Trinajstić information content (AvgIpc) is 1.89. The minimum Gasteiger partial charge on any atom is -0.389 e. The first-order valence-electron chi connectivity index (χ1n) is 2.98. The lowest BCUT2D eigenvalue weighted by molar-refractivity contribution is 0.0613. The van der Waals surface area contributed by atoms with Crippen molar-refractivity contribution in [2.24, 2.45) is 0 Å². The molecule has 0 saturated carbocycles. The molecule has 3 atom stereocenters. The van der Waals surface area contributed by atoms with Crippen LogP contribution in [0.4, 0.5) is 0 Å². The zero-order valence-electron chi connectivity index (χ0n) is 5.93. The summed E-state index contributed by atoms with van der Waals surface area (Å²) in [4.78, 5) is 0. The van der Waals surface area contributed by atoms with Crippen LogP contribution in [-0.2, 0) is 4.52 Å². The van der Waals surface area contributed by atoms with Crippen molar-refractivity contribution >= 4 is 29.0 Å². The topological polar surface area (TPSA) is 29.5 Å². The summed E-state index contributed by atoms with van der Waals surface area (Å²) in [6, 6.07) is 0. The summed E-state index contributed by atoms with van der Waals surface area (Å²) in [6.07, 6.45) is 0.595. The van der Waals surface area contributed by atoms with E-state index in [0.29, 0.717) is 21.5 Å². The van der Waals surface area contributed by atoms with Gasteiger partial charge in [0.15, 0.2) is 0 Å². The molecule has 3 unspecified atom stereocenters. The molecule has 0 radical (unpaired) electrons. The summed E-state index contributed by atoms with van der Waals surface area (Å²) in [5.74, 6) is 0.260. The van der Waals surface area contributed by atoms with Crippen molar-refractivity contribution in [2.75, 3.05) is 12.5 Å². The molecule has 0 aromatic carbocycles. The molecule has 0 rings (SSSR count). The minimum absolute atomic E-state index is 0.260. The predicted molar refractivity (Wildman–Crippen MR) is 49.9 cm³/mol. The van der Waals surface area contributed by atoms with Crippen LogP contribution in [0.1, 0.15) is 13.3 Å². The van der Waals surface area contributed by atoms with E-state index < -0.39 is 5.60 Å². The SMILES string of the molecule is CC(O)(CCl)CCOPP. The van der Waals surface area contributed by atoms with Crippen LogP contribution >= 0.6 is 29.0 Å². The van der Waals surface area contributed by atoms with Gasteiger partial charge in [-0.3, -0.25) is 0 Å². The molecule has 0 fully saturated rings. The highest BCUT2D eigenvalue weighted by Crippen LogP contribution is 2.22. The van der Waals surface area contributed by atoms with Gasteiger partial charge >= 0.3 is 0 Å². The van der Waals surface area contributed by atoms with Gasteiger partial charge in [-0.05, 0) is 6.92 Å². The standard InChI is InChI=1S/C5H13ClO2P2/c1-5(7,4-6)2-3-8-10-9/h7,10H,2-4,9H2,1H3. The van der Waals surface area contributed by atoms with Gasteiger partial charge in [0, 0.05) is 14.9 Å². The van der Waals surface area contributed by atoms with Crippen LogP contribution in [0, 0.1) is 0 Å². The molecule has 0 spiro atoms. The molecule has 0 aliphatic rings. The Labute approximate surface area is 70.6 Å². The van der Waals surface area contributed by atoms with E-state index in [1.54, 1.807) is 6.92 Å². The molecule has 5 heteroatoms. The molecular formula is C5H13ClO2P2. The van der Waals surface area contributed by atoms with Crippen molar-refractivity contribution in [1.29, 1.82) is 0 Å². The van der Waals surface area contributed by atoms with Gasteiger partial charge in [-0.1, -0.05) is 8.93 Å². The normalized spacial score (nSPS) is 18.0. The Bertz CT molecular complexity index is 89.7. The second-order valence-corrected chi connectivity index (χ2v) is 3.85. The molecule has 0 aliphatic carbocycles. The molecule has 0 amide bonds. The second-order valence-electron chi connectivity index (χ2n) is 2.35. The highest BCUT2D eigenvalue weighted by atomic mass is 35.5. The Morgan fingerprint density at radius 3 is 2.80 bits per heavy atom. The number of halogens is 1. The van der Waals surface area contributed by atoms with Crippen LogP contribution in [0.15, 0.2) is 0 Å². The average molecular weight is 203 g/mol. The Morgan fingerprint density at radius 2 is 2.40 bits per heavy atom. The van der Waals surface area contributed by atoms with Crippen molar-refractivity contribution in [3.05, 3.63) is 0 Å². The predicted octanol–water partition coefficient (Wildman–Crippen LogP) is 1.77. The van der Waals surface area contributed by atoms with E-state index in [0.717, 1.165) is 0 Å². The third kappa shape index (κ3) is 5.82. The second kappa shape index (κ2) is 5.69. The summed E-state index contributed by atoms with van der Waals surface area (Å²) < 4.78 is 5.04. The molecule has 1 N–H and O–H groups in total. The summed E-state index contributed by atoms with van der Waals surface area (Å²) in [7, 11) is 2.88. The zero-order chi connectivity index (χ0) is 8.04. The zero-order valence-corrected chi connectivity index (χ0v) is 8.84. The molecule has 2 nitrogen and oxygen atoms in total. The molecule has 62 valence electrons. The quantitative estimate of drug-likeness (QED) is 0.418. The van der Waals surface area contributed by atoms with Gasteiger partial charge in [0.25, 0.3) is 0 Å². The van der Waals surface area contributed by atoms with E-state index in [2.05, 4.69) is 8.93 Å². The highest BCUT2D eigenvalue weighted by Gasteiger charge is 2.17. The van der Waals surface area contributed by atoms with Crippen molar-refractivity contribution in [3.8, 4) is 0 Å². The maximum absolute atomic E-state index is 9.33. The van der Waals surface area contributed by atoms with E-state index in [-0.39, 0.29) is 5.88 Å². The van der Waals surface area contributed by atoms with Crippen LogP contribution in [0.5, 0.6) is 0 Å². The fourth-order valence-electron chi connectivity index (χ4n) is 0.397. The lowest BCUT2D eigenvalue weighted by Crippen LogP contribution is -2.27. The first kappa shape index (κ1) is 11.1. The largest absolute Gasteiger partial charge is 0.389 e. The highest BCUT2D eigenvalue weighted by molar-refractivity contribution is 8.00. The molecular weight excluding hydrogens is 189 g/mol. The van der Waals surface area contributed by atoms with Crippen LogP contribution in [0.3, 0.4) is 0 Å². The van der Waals surface area contributed by atoms with E-state index in [9.17, 15) is 5.11 Å². The Balaban J connectivity index is 3.28. The molecule has 10 heavy (non-hydrogen) atoms. The maximum atomic E-state index is 9.33. The van der Waals surface area contributed by atoms with Gasteiger partial charge in [0.05, 0.1) is 18.1 Å². The summed E-state index contributed by atoms with van der Waals surface area (Å²) >= 11 is 5.46. The number of hydrogen-bond donors (Lipinski definition) is 1. The molecule has 0 saturated heterocycles. The van der Waals surface area contributed by atoms with Crippen molar-refractivity contribution in [2.45, 2.75) is 18.9 Å². The van der Waals surface area contributed by atoms with Crippen LogP contribution in [0.2, 0.25) is 0 Å². The molecule has 0 bridgehead atoms. The van der Waals surface area contributed by atoms with Gasteiger partial charge in [0.2, 0.25) is 0 Å². The molecule has 0 heterocycles. The monoisotopic (exact) mass is 202 g/mol. The van der Waals surface area contributed by atoms with Gasteiger partial charge in [-0.2, -0.15) is 0 Å². The fourth-order valence-corrected chi connectivity index (χ4v) is 1.10. The lowest BCUT2D eigenvalue weighted by Gasteiger charge is -2.18. The maximum Gasteiger partial charge on any atom is 0.0776 e. The van der Waals surface area contributed by atoms with Crippen LogP contribution in [-0.4, -0.2) is 23.2 Å². The third-order valence-corrected chi connectivity index (χ3v) is 2.56. The molecule has 0 aromatic rings. The number of hydrogen-bond acceptors (Lipinski definition) is 2. The van der Waals surface area contributed by atoms with E-state index in [1.165, 1.54) is 0 Å². The third-order valence-electron chi connectivity index (χ3n) is 1.11. The lowest BCUT2D eigenvalue weighted by atomic mass is 10.1. The van der Waals surface area contributed by atoms with Crippen molar-refractivity contribution in [3.63, 3.8) is 0 Å². The molecule has 0 aromatic heterocycles. The molecule has 0 aliphatic heterocycles. The van der Waals surface area contributed by atoms with Gasteiger partial charge in [-0.25, -0.2) is 0 Å². The first-order valence-corrected chi connectivity index (χ1v) is 6.23. The summed E-state index contributed by atoms with van der Waals surface area (Å²) in [5, 5.41) is 9.33. The number of alkyl halides is 1. The Morgan fingerprint density at radius 1 is 1.80 bits per heavy atom. The van der Waals surface area contributed by atoms with Crippen LogP contribution < -0.4 is 0 Å². The minimum atomic E-state index is -0.772.